The fourth-order valence-electron chi connectivity index (χ4n) is 2.65. The number of halogens is 1. The molecule has 0 radical (unpaired) electrons. The summed E-state index contributed by atoms with van der Waals surface area (Å²) >= 11 is 5.82. The molecule has 2 N–H and O–H groups in total. The molecule has 1 aliphatic rings. The van der Waals surface area contributed by atoms with Gasteiger partial charge in [-0.3, -0.25) is 0 Å². The molecule has 3 nitrogen and oxygen atoms in total. The zero-order valence-electron chi connectivity index (χ0n) is 12.1. The molecule has 1 fully saturated rings. The predicted octanol–water partition coefficient (Wildman–Crippen LogP) is 3.14. The standard InChI is InChI=1S/C16H24ClNO2/c1-16(8-2-3-9-16)18-10-15(19)12-20-11-13-4-6-14(17)7-5-13/h4-7,15,18-19H,2-3,8-12H2,1H3. The summed E-state index contributed by atoms with van der Waals surface area (Å²) in [5.74, 6) is 0. The molecule has 0 spiro atoms. The van der Waals surface area contributed by atoms with E-state index in [0.29, 0.717) is 19.8 Å². The lowest BCUT2D eigenvalue weighted by Gasteiger charge is -2.27. The molecule has 0 aliphatic heterocycles. The van der Waals surface area contributed by atoms with Crippen molar-refractivity contribution < 1.29 is 9.84 Å². The van der Waals surface area contributed by atoms with Crippen molar-refractivity contribution in [3.63, 3.8) is 0 Å². The number of β-amino-alcohol motifs (C(OH)–C–C–N with tert-alkyl or cyclic N) is 1. The Bertz CT molecular complexity index is 401. The topological polar surface area (TPSA) is 41.5 Å². The van der Waals surface area contributed by atoms with Gasteiger partial charge in [0.2, 0.25) is 0 Å². The highest BCUT2D eigenvalue weighted by molar-refractivity contribution is 6.30. The van der Waals surface area contributed by atoms with E-state index in [4.69, 9.17) is 16.3 Å². The molecule has 2 rings (SSSR count). The van der Waals surface area contributed by atoms with Gasteiger partial charge in [0.1, 0.15) is 0 Å². The van der Waals surface area contributed by atoms with Crippen LogP contribution in [-0.2, 0) is 11.3 Å². The molecule has 1 aromatic rings. The van der Waals surface area contributed by atoms with Crippen LogP contribution in [0, 0.1) is 0 Å². The second kappa shape index (κ2) is 7.41. The van der Waals surface area contributed by atoms with E-state index in [9.17, 15) is 5.11 Å². The van der Waals surface area contributed by atoms with Crippen LogP contribution in [0.25, 0.3) is 0 Å². The predicted molar refractivity (Wildman–Crippen MR) is 82.0 cm³/mol. The molecule has 1 saturated carbocycles. The first-order valence-electron chi connectivity index (χ1n) is 7.33. The highest BCUT2D eigenvalue weighted by atomic mass is 35.5. The van der Waals surface area contributed by atoms with Gasteiger partial charge in [0, 0.05) is 17.1 Å². The Labute approximate surface area is 126 Å². The molecule has 4 heteroatoms. The van der Waals surface area contributed by atoms with Gasteiger partial charge < -0.3 is 15.2 Å². The number of benzene rings is 1. The average Bonchev–Trinajstić information content (AvgIpc) is 2.86. The van der Waals surface area contributed by atoms with Crippen LogP contribution in [0.2, 0.25) is 5.02 Å². The summed E-state index contributed by atoms with van der Waals surface area (Å²) < 4.78 is 5.54. The van der Waals surface area contributed by atoms with Gasteiger partial charge in [-0.25, -0.2) is 0 Å². The van der Waals surface area contributed by atoms with Gasteiger partial charge in [0.05, 0.1) is 19.3 Å². The monoisotopic (exact) mass is 297 g/mol. The SMILES string of the molecule is CC1(NCC(O)COCc2ccc(Cl)cc2)CCCC1. The quantitative estimate of drug-likeness (QED) is 0.812. The first-order valence-corrected chi connectivity index (χ1v) is 7.70. The Balaban J connectivity index is 1.62. The summed E-state index contributed by atoms with van der Waals surface area (Å²) in [5.41, 5.74) is 1.27. The fraction of sp³-hybridized carbons (Fsp3) is 0.625. The van der Waals surface area contributed by atoms with Crippen LogP contribution in [0.15, 0.2) is 24.3 Å². The zero-order valence-corrected chi connectivity index (χ0v) is 12.8. The van der Waals surface area contributed by atoms with Crippen molar-refractivity contribution in [3.8, 4) is 0 Å². The number of aliphatic hydroxyl groups is 1. The van der Waals surface area contributed by atoms with E-state index in [0.717, 1.165) is 10.6 Å². The maximum absolute atomic E-state index is 9.94. The Morgan fingerprint density at radius 2 is 1.95 bits per heavy atom. The number of rotatable bonds is 7. The van der Waals surface area contributed by atoms with Gasteiger partial charge in [-0.15, -0.1) is 0 Å². The lowest BCUT2D eigenvalue weighted by Crippen LogP contribution is -2.44. The van der Waals surface area contributed by atoms with E-state index in [2.05, 4.69) is 12.2 Å². The normalized spacial score (nSPS) is 19.1. The first-order chi connectivity index (χ1) is 9.57. The molecular weight excluding hydrogens is 274 g/mol. The summed E-state index contributed by atoms with van der Waals surface area (Å²) in [4.78, 5) is 0. The number of nitrogens with one attached hydrogen (secondary N) is 1. The molecule has 1 atom stereocenters. The number of hydrogen-bond donors (Lipinski definition) is 2. The summed E-state index contributed by atoms with van der Waals surface area (Å²) in [6.07, 6.45) is 4.51. The molecule has 20 heavy (non-hydrogen) atoms. The Kier molecular flexibility index (Phi) is 5.85. The molecule has 0 bridgehead atoms. The van der Waals surface area contributed by atoms with E-state index in [-0.39, 0.29) is 5.54 Å². The van der Waals surface area contributed by atoms with Crippen molar-refractivity contribution in [2.24, 2.45) is 0 Å². The second-order valence-electron chi connectivity index (χ2n) is 5.94. The van der Waals surface area contributed by atoms with Crippen LogP contribution in [0.3, 0.4) is 0 Å². The molecular formula is C16H24ClNO2. The largest absolute Gasteiger partial charge is 0.389 e. The zero-order chi connectivity index (χ0) is 14.4. The highest BCUT2D eigenvalue weighted by Crippen LogP contribution is 2.28. The maximum Gasteiger partial charge on any atom is 0.0898 e. The minimum Gasteiger partial charge on any atom is -0.389 e. The molecule has 1 aliphatic carbocycles. The van der Waals surface area contributed by atoms with Crippen LogP contribution in [0.4, 0.5) is 0 Å². The number of aliphatic hydroxyl groups excluding tert-OH is 1. The van der Waals surface area contributed by atoms with Crippen molar-refractivity contribution in [1.29, 1.82) is 0 Å². The first kappa shape index (κ1) is 15.8. The molecule has 1 unspecified atom stereocenters. The Morgan fingerprint density at radius 1 is 1.30 bits per heavy atom. The van der Waals surface area contributed by atoms with Gasteiger partial charge in [-0.05, 0) is 37.5 Å². The van der Waals surface area contributed by atoms with Crippen LogP contribution in [0.1, 0.15) is 38.2 Å². The molecule has 112 valence electrons. The number of hydrogen-bond acceptors (Lipinski definition) is 3. The Morgan fingerprint density at radius 3 is 2.60 bits per heavy atom. The minimum atomic E-state index is -0.459. The number of ether oxygens (including phenoxy) is 1. The van der Waals surface area contributed by atoms with Crippen molar-refractivity contribution in [1.82, 2.24) is 5.32 Å². The van der Waals surface area contributed by atoms with Crippen molar-refractivity contribution >= 4 is 11.6 Å². The summed E-state index contributed by atoms with van der Waals surface area (Å²) in [6.45, 7) is 3.69. The highest BCUT2D eigenvalue weighted by Gasteiger charge is 2.28. The summed E-state index contributed by atoms with van der Waals surface area (Å²) in [5, 5.41) is 14.1. The smallest absolute Gasteiger partial charge is 0.0898 e. The Hall–Kier alpha value is -0.610. The lowest BCUT2D eigenvalue weighted by molar-refractivity contribution is 0.0254. The third-order valence-electron chi connectivity index (χ3n) is 3.96. The van der Waals surface area contributed by atoms with E-state index < -0.39 is 6.10 Å². The second-order valence-corrected chi connectivity index (χ2v) is 6.38. The molecule has 0 heterocycles. The van der Waals surface area contributed by atoms with E-state index >= 15 is 0 Å². The van der Waals surface area contributed by atoms with E-state index in [1.54, 1.807) is 0 Å². The molecule has 0 amide bonds. The van der Waals surface area contributed by atoms with Gasteiger partial charge in [-0.2, -0.15) is 0 Å². The van der Waals surface area contributed by atoms with Gasteiger partial charge >= 0.3 is 0 Å². The molecule has 0 aromatic heterocycles. The van der Waals surface area contributed by atoms with Gasteiger partial charge in [-0.1, -0.05) is 36.6 Å². The molecule has 0 saturated heterocycles. The maximum atomic E-state index is 9.94. The summed E-state index contributed by atoms with van der Waals surface area (Å²) in [7, 11) is 0. The van der Waals surface area contributed by atoms with Crippen molar-refractivity contribution in [2.75, 3.05) is 13.2 Å². The fourth-order valence-corrected chi connectivity index (χ4v) is 2.77. The van der Waals surface area contributed by atoms with Crippen LogP contribution in [-0.4, -0.2) is 29.9 Å². The third-order valence-corrected chi connectivity index (χ3v) is 4.22. The van der Waals surface area contributed by atoms with Gasteiger partial charge in [0.15, 0.2) is 0 Å². The average molecular weight is 298 g/mol. The van der Waals surface area contributed by atoms with Crippen molar-refractivity contribution in [3.05, 3.63) is 34.9 Å². The molecule has 1 aromatic carbocycles. The third kappa shape index (κ3) is 5.06. The van der Waals surface area contributed by atoms with E-state index in [1.165, 1.54) is 25.7 Å². The van der Waals surface area contributed by atoms with Crippen LogP contribution in [0.5, 0.6) is 0 Å². The van der Waals surface area contributed by atoms with Gasteiger partial charge in [0.25, 0.3) is 0 Å². The van der Waals surface area contributed by atoms with Crippen LogP contribution < -0.4 is 5.32 Å². The van der Waals surface area contributed by atoms with E-state index in [1.807, 2.05) is 24.3 Å². The van der Waals surface area contributed by atoms with Crippen molar-refractivity contribution in [2.45, 2.75) is 50.9 Å². The lowest BCUT2D eigenvalue weighted by atomic mass is 10.0. The van der Waals surface area contributed by atoms with Crippen LogP contribution >= 0.6 is 11.6 Å². The minimum absolute atomic E-state index is 0.206. The summed E-state index contributed by atoms with van der Waals surface area (Å²) in [6, 6.07) is 7.57.